The van der Waals surface area contributed by atoms with Crippen LogP contribution in [0.15, 0.2) is 28.8 Å². The number of hydrogen-bond acceptors (Lipinski definition) is 4. The van der Waals surface area contributed by atoms with Gasteiger partial charge in [0, 0.05) is 11.5 Å². The highest BCUT2D eigenvalue weighted by Crippen LogP contribution is 2.27. The van der Waals surface area contributed by atoms with Gasteiger partial charge in [-0.05, 0) is 25.3 Å². The zero-order valence-electron chi connectivity index (χ0n) is 11.6. The van der Waals surface area contributed by atoms with Gasteiger partial charge in [-0.25, -0.2) is 0 Å². The first-order valence-corrected chi connectivity index (χ1v) is 7.15. The minimum absolute atomic E-state index is 0.198. The van der Waals surface area contributed by atoms with Crippen LogP contribution in [-0.2, 0) is 11.2 Å². The van der Waals surface area contributed by atoms with E-state index in [2.05, 4.69) is 10.1 Å². The quantitative estimate of drug-likeness (QED) is 0.855. The maximum Gasteiger partial charge on any atom is 0.234 e. The molecule has 1 heterocycles. The van der Waals surface area contributed by atoms with E-state index in [4.69, 9.17) is 4.52 Å². The lowest BCUT2D eigenvalue weighted by atomic mass is 10.0. The Balaban J connectivity index is 1.74. The fourth-order valence-electron chi connectivity index (χ4n) is 2.80. The normalized spacial score (nSPS) is 15.7. The van der Waals surface area contributed by atoms with Crippen molar-refractivity contribution in [2.75, 3.05) is 0 Å². The summed E-state index contributed by atoms with van der Waals surface area (Å²) in [6.45, 7) is 2.01. The number of hydrogen-bond donors (Lipinski definition) is 0. The first-order chi connectivity index (χ1) is 9.74. The summed E-state index contributed by atoms with van der Waals surface area (Å²) in [6.07, 6.45) is 4.61. The average molecular weight is 270 g/mol. The Morgan fingerprint density at radius 3 is 2.80 bits per heavy atom. The van der Waals surface area contributed by atoms with E-state index in [9.17, 15) is 4.79 Å². The van der Waals surface area contributed by atoms with Gasteiger partial charge in [0.15, 0.2) is 0 Å². The van der Waals surface area contributed by atoms with Crippen LogP contribution >= 0.6 is 0 Å². The van der Waals surface area contributed by atoms with E-state index in [1.54, 1.807) is 0 Å². The molecule has 3 rings (SSSR count). The predicted octanol–water partition coefficient (Wildman–Crippen LogP) is 3.35. The van der Waals surface area contributed by atoms with Crippen LogP contribution < -0.4 is 0 Å². The van der Waals surface area contributed by atoms with Crippen molar-refractivity contribution in [2.45, 2.75) is 39.0 Å². The zero-order valence-corrected chi connectivity index (χ0v) is 11.6. The van der Waals surface area contributed by atoms with Crippen molar-refractivity contribution in [3.63, 3.8) is 0 Å². The number of rotatable bonds is 4. The third-order valence-corrected chi connectivity index (χ3v) is 3.99. The van der Waals surface area contributed by atoms with Gasteiger partial charge in [0.25, 0.3) is 0 Å². The Morgan fingerprint density at radius 1 is 1.30 bits per heavy atom. The fourth-order valence-corrected chi connectivity index (χ4v) is 2.80. The molecule has 0 radical (unpaired) electrons. The van der Waals surface area contributed by atoms with Gasteiger partial charge >= 0.3 is 0 Å². The third-order valence-electron chi connectivity index (χ3n) is 3.99. The molecular weight excluding hydrogens is 252 g/mol. The third kappa shape index (κ3) is 2.64. The van der Waals surface area contributed by atoms with E-state index in [0.717, 1.165) is 36.8 Å². The molecule has 104 valence electrons. The molecule has 1 aromatic carbocycles. The molecule has 0 spiro atoms. The van der Waals surface area contributed by atoms with Crippen molar-refractivity contribution < 1.29 is 9.32 Å². The molecule has 1 aliphatic rings. The molecule has 0 amide bonds. The lowest BCUT2D eigenvalue weighted by molar-refractivity contribution is -0.122. The number of aryl methyl sites for hydroxylation is 1. The molecule has 4 nitrogen and oxygen atoms in total. The lowest BCUT2D eigenvalue weighted by Crippen LogP contribution is -2.13. The van der Waals surface area contributed by atoms with Gasteiger partial charge in [0.05, 0.1) is 6.42 Å². The van der Waals surface area contributed by atoms with Crippen molar-refractivity contribution in [1.29, 1.82) is 0 Å². The topological polar surface area (TPSA) is 56.0 Å². The Kier molecular flexibility index (Phi) is 3.63. The van der Waals surface area contributed by atoms with Crippen molar-refractivity contribution in [3.05, 3.63) is 35.7 Å². The summed E-state index contributed by atoms with van der Waals surface area (Å²) < 4.78 is 5.22. The first kappa shape index (κ1) is 13.0. The molecule has 0 unspecified atom stereocenters. The van der Waals surface area contributed by atoms with Gasteiger partial charge in [-0.1, -0.05) is 42.3 Å². The molecule has 0 bridgehead atoms. The van der Waals surface area contributed by atoms with E-state index in [1.807, 2.05) is 31.2 Å². The first-order valence-electron chi connectivity index (χ1n) is 7.15. The Labute approximate surface area is 118 Å². The van der Waals surface area contributed by atoms with Crippen LogP contribution in [0.2, 0.25) is 0 Å². The van der Waals surface area contributed by atoms with E-state index in [-0.39, 0.29) is 18.1 Å². The summed E-state index contributed by atoms with van der Waals surface area (Å²) in [7, 11) is 0. The minimum Gasteiger partial charge on any atom is -0.339 e. The largest absolute Gasteiger partial charge is 0.339 e. The molecule has 1 aliphatic carbocycles. The number of carbonyl (C=O) groups is 1. The van der Waals surface area contributed by atoms with Crippen molar-refractivity contribution in [2.24, 2.45) is 5.92 Å². The molecule has 1 fully saturated rings. The maximum absolute atomic E-state index is 12.1. The molecule has 20 heavy (non-hydrogen) atoms. The van der Waals surface area contributed by atoms with Crippen LogP contribution in [-0.4, -0.2) is 15.9 Å². The van der Waals surface area contributed by atoms with Crippen molar-refractivity contribution in [3.8, 4) is 11.4 Å². The Bertz CT molecular complexity index is 612. The highest BCUT2D eigenvalue weighted by atomic mass is 16.5. The zero-order chi connectivity index (χ0) is 13.9. The SMILES string of the molecule is Cc1ccccc1-c1noc(CC(=O)C2CCCC2)n1. The fraction of sp³-hybridized carbons (Fsp3) is 0.438. The molecule has 4 heteroatoms. The van der Waals surface area contributed by atoms with E-state index in [1.165, 1.54) is 0 Å². The summed E-state index contributed by atoms with van der Waals surface area (Å²) in [4.78, 5) is 16.5. The summed E-state index contributed by atoms with van der Waals surface area (Å²) >= 11 is 0. The highest BCUT2D eigenvalue weighted by Gasteiger charge is 2.24. The van der Waals surface area contributed by atoms with E-state index >= 15 is 0 Å². The van der Waals surface area contributed by atoms with Crippen LogP contribution in [0.1, 0.15) is 37.1 Å². The second-order valence-electron chi connectivity index (χ2n) is 5.45. The number of nitrogens with zero attached hydrogens (tertiary/aromatic N) is 2. The molecular formula is C16H18N2O2. The second kappa shape index (κ2) is 5.57. The molecule has 0 saturated heterocycles. The maximum atomic E-state index is 12.1. The summed E-state index contributed by atoms with van der Waals surface area (Å²) in [5, 5.41) is 3.99. The van der Waals surface area contributed by atoms with Gasteiger partial charge in [-0.2, -0.15) is 4.98 Å². The van der Waals surface area contributed by atoms with Gasteiger partial charge in [0.2, 0.25) is 11.7 Å². The number of aromatic nitrogens is 2. The van der Waals surface area contributed by atoms with Crippen LogP contribution in [0.3, 0.4) is 0 Å². The summed E-state index contributed by atoms with van der Waals surface area (Å²) in [6, 6.07) is 7.89. The molecule has 0 N–H and O–H groups in total. The van der Waals surface area contributed by atoms with Crippen LogP contribution in [0.5, 0.6) is 0 Å². The number of benzene rings is 1. The standard InChI is InChI=1S/C16H18N2O2/c1-11-6-2-5-9-13(11)16-17-15(20-18-16)10-14(19)12-7-3-4-8-12/h2,5-6,9,12H,3-4,7-8,10H2,1H3. The van der Waals surface area contributed by atoms with Crippen LogP contribution in [0.4, 0.5) is 0 Å². The average Bonchev–Trinajstić information content (AvgIpc) is 3.10. The van der Waals surface area contributed by atoms with Gasteiger partial charge in [-0.15, -0.1) is 0 Å². The molecule has 1 aromatic heterocycles. The molecule has 1 saturated carbocycles. The predicted molar refractivity (Wildman–Crippen MR) is 75.1 cm³/mol. The number of carbonyl (C=O) groups excluding carboxylic acids is 1. The number of Topliss-reactive ketones (excluding diaryl/α,β-unsaturated/α-hetero) is 1. The van der Waals surface area contributed by atoms with Gasteiger partial charge in [-0.3, -0.25) is 4.79 Å². The number of ketones is 1. The van der Waals surface area contributed by atoms with Gasteiger partial charge < -0.3 is 4.52 Å². The smallest absolute Gasteiger partial charge is 0.234 e. The monoisotopic (exact) mass is 270 g/mol. The van der Waals surface area contributed by atoms with E-state index in [0.29, 0.717) is 11.7 Å². The minimum atomic E-state index is 0.198. The molecule has 2 aromatic rings. The van der Waals surface area contributed by atoms with Gasteiger partial charge in [0.1, 0.15) is 5.78 Å². The van der Waals surface area contributed by atoms with Crippen LogP contribution in [0, 0.1) is 12.8 Å². The van der Waals surface area contributed by atoms with Crippen LogP contribution in [0.25, 0.3) is 11.4 Å². The van der Waals surface area contributed by atoms with Crippen molar-refractivity contribution >= 4 is 5.78 Å². The Hall–Kier alpha value is -1.97. The molecule has 0 aliphatic heterocycles. The molecule has 0 atom stereocenters. The second-order valence-corrected chi connectivity index (χ2v) is 5.45. The Morgan fingerprint density at radius 2 is 2.05 bits per heavy atom. The summed E-state index contributed by atoms with van der Waals surface area (Å²) in [5.41, 5.74) is 2.05. The highest BCUT2D eigenvalue weighted by molar-refractivity contribution is 5.82. The summed E-state index contributed by atoms with van der Waals surface area (Å²) in [5.74, 6) is 1.43. The van der Waals surface area contributed by atoms with Crippen molar-refractivity contribution in [1.82, 2.24) is 10.1 Å². The lowest BCUT2D eigenvalue weighted by Gasteiger charge is -2.04. The van der Waals surface area contributed by atoms with E-state index < -0.39 is 0 Å².